The lowest BCUT2D eigenvalue weighted by molar-refractivity contribution is -0.131. The van der Waals surface area contributed by atoms with Gasteiger partial charge in [-0.05, 0) is 24.0 Å². The van der Waals surface area contributed by atoms with Crippen LogP contribution >= 0.6 is 0 Å². The van der Waals surface area contributed by atoms with Crippen molar-refractivity contribution in [2.75, 3.05) is 20.3 Å². The number of nitrogens with zero attached hydrogens (tertiary/aromatic N) is 1. The van der Waals surface area contributed by atoms with Gasteiger partial charge in [0, 0.05) is 26.6 Å². The standard InChI is InChI=1S/C18H29NO2/c1-4-6-9-13-19(18(20)5-2)15-17-11-8-7-10-16(17)12-14-21-3/h7-8,10-11H,4-6,9,12-15H2,1-3H3. The van der Waals surface area contributed by atoms with Gasteiger partial charge in [-0.25, -0.2) is 0 Å². The molecule has 0 aromatic heterocycles. The highest BCUT2D eigenvalue weighted by Crippen LogP contribution is 2.14. The highest BCUT2D eigenvalue weighted by molar-refractivity contribution is 5.75. The van der Waals surface area contributed by atoms with Crippen molar-refractivity contribution >= 4 is 5.91 Å². The van der Waals surface area contributed by atoms with Gasteiger partial charge in [0.05, 0.1) is 6.61 Å². The van der Waals surface area contributed by atoms with Crippen molar-refractivity contribution in [2.45, 2.75) is 52.5 Å². The van der Waals surface area contributed by atoms with Crippen molar-refractivity contribution < 1.29 is 9.53 Å². The summed E-state index contributed by atoms with van der Waals surface area (Å²) in [6.45, 7) is 6.42. The average Bonchev–Trinajstić information content (AvgIpc) is 2.52. The van der Waals surface area contributed by atoms with Crippen molar-refractivity contribution in [3.8, 4) is 0 Å². The molecule has 0 atom stereocenters. The van der Waals surface area contributed by atoms with Crippen molar-refractivity contribution in [3.63, 3.8) is 0 Å². The Balaban J connectivity index is 2.74. The smallest absolute Gasteiger partial charge is 0.222 e. The van der Waals surface area contributed by atoms with Crippen LogP contribution in [-0.4, -0.2) is 31.1 Å². The van der Waals surface area contributed by atoms with Crippen LogP contribution in [0.25, 0.3) is 0 Å². The molecule has 0 aliphatic heterocycles. The molecule has 0 radical (unpaired) electrons. The molecule has 1 aromatic carbocycles. The van der Waals surface area contributed by atoms with Gasteiger partial charge in [0.1, 0.15) is 0 Å². The van der Waals surface area contributed by atoms with Crippen LogP contribution in [0.4, 0.5) is 0 Å². The maximum Gasteiger partial charge on any atom is 0.222 e. The van der Waals surface area contributed by atoms with E-state index in [4.69, 9.17) is 4.74 Å². The zero-order chi connectivity index (χ0) is 15.5. The van der Waals surface area contributed by atoms with Crippen LogP contribution in [0.1, 0.15) is 50.7 Å². The van der Waals surface area contributed by atoms with Crippen molar-refractivity contribution in [1.82, 2.24) is 4.90 Å². The molecule has 1 amide bonds. The van der Waals surface area contributed by atoms with E-state index in [1.54, 1.807) is 7.11 Å². The molecule has 0 saturated carbocycles. The lowest BCUT2D eigenvalue weighted by Crippen LogP contribution is -2.31. The van der Waals surface area contributed by atoms with E-state index in [2.05, 4.69) is 25.1 Å². The maximum absolute atomic E-state index is 12.1. The first-order valence-electron chi connectivity index (χ1n) is 8.06. The van der Waals surface area contributed by atoms with Crippen LogP contribution < -0.4 is 0 Å². The summed E-state index contributed by atoms with van der Waals surface area (Å²) in [5.41, 5.74) is 2.52. The Morgan fingerprint density at radius 3 is 2.48 bits per heavy atom. The van der Waals surface area contributed by atoms with Gasteiger partial charge in [0.2, 0.25) is 5.91 Å². The van der Waals surface area contributed by atoms with Gasteiger partial charge in [-0.2, -0.15) is 0 Å². The summed E-state index contributed by atoms with van der Waals surface area (Å²) in [6, 6.07) is 8.36. The molecular weight excluding hydrogens is 262 g/mol. The van der Waals surface area contributed by atoms with E-state index in [0.717, 1.165) is 25.9 Å². The van der Waals surface area contributed by atoms with Crippen LogP contribution in [0.5, 0.6) is 0 Å². The molecule has 0 N–H and O–H groups in total. The second-order valence-corrected chi connectivity index (χ2v) is 5.39. The van der Waals surface area contributed by atoms with Crippen molar-refractivity contribution in [1.29, 1.82) is 0 Å². The number of methoxy groups -OCH3 is 1. The number of rotatable bonds is 10. The Labute approximate surface area is 129 Å². The maximum atomic E-state index is 12.1. The Bertz CT molecular complexity index is 417. The molecule has 21 heavy (non-hydrogen) atoms. The van der Waals surface area contributed by atoms with Gasteiger partial charge >= 0.3 is 0 Å². The number of amides is 1. The van der Waals surface area contributed by atoms with Gasteiger partial charge in [-0.15, -0.1) is 0 Å². The molecule has 0 heterocycles. The predicted octanol–water partition coefficient (Wildman–Crippen LogP) is 3.80. The zero-order valence-corrected chi connectivity index (χ0v) is 13.7. The number of hydrogen-bond acceptors (Lipinski definition) is 2. The van der Waals surface area contributed by atoms with E-state index < -0.39 is 0 Å². The number of benzene rings is 1. The highest BCUT2D eigenvalue weighted by Gasteiger charge is 2.13. The largest absolute Gasteiger partial charge is 0.384 e. The molecule has 0 aliphatic rings. The van der Waals surface area contributed by atoms with Crippen molar-refractivity contribution in [2.24, 2.45) is 0 Å². The Kier molecular flexibility index (Phi) is 8.76. The SMILES string of the molecule is CCCCCN(Cc1ccccc1CCOC)C(=O)CC. The third-order valence-electron chi connectivity index (χ3n) is 3.74. The fourth-order valence-electron chi connectivity index (χ4n) is 2.44. The normalized spacial score (nSPS) is 10.6. The number of hydrogen-bond donors (Lipinski definition) is 0. The molecule has 0 bridgehead atoms. The van der Waals surface area contributed by atoms with E-state index >= 15 is 0 Å². The molecule has 118 valence electrons. The monoisotopic (exact) mass is 291 g/mol. The van der Waals surface area contributed by atoms with E-state index in [9.17, 15) is 4.79 Å². The summed E-state index contributed by atoms with van der Waals surface area (Å²) in [6.07, 6.45) is 4.92. The molecule has 1 aromatic rings. The first-order chi connectivity index (χ1) is 10.2. The number of carbonyl (C=O) groups excluding carboxylic acids is 1. The van der Waals surface area contributed by atoms with Gasteiger partial charge in [-0.1, -0.05) is 51.0 Å². The minimum absolute atomic E-state index is 0.243. The molecule has 0 unspecified atom stereocenters. The quantitative estimate of drug-likeness (QED) is 0.614. The Morgan fingerprint density at radius 1 is 1.14 bits per heavy atom. The molecule has 0 aliphatic carbocycles. The van der Waals surface area contributed by atoms with Crippen LogP contribution in [0.2, 0.25) is 0 Å². The number of unbranched alkanes of at least 4 members (excludes halogenated alkanes) is 2. The first-order valence-corrected chi connectivity index (χ1v) is 8.06. The van der Waals surface area contributed by atoms with Gasteiger partial charge in [-0.3, -0.25) is 4.79 Å². The van der Waals surface area contributed by atoms with Crippen LogP contribution in [0.15, 0.2) is 24.3 Å². The first kappa shape index (κ1) is 17.7. The molecular formula is C18H29NO2. The molecule has 3 nitrogen and oxygen atoms in total. The molecule has 0 saturated heterocycles. The molecule has 3 heteroatoms. The summed E-state index contributed by atoms with van der Waals surface area (Å²) in [5, 5.41) is 0. The summed E-state index contributed by atoms with van der Waals surface area (Å²) in [5.74, 6) is 0.243. The Hall–Kier alpha value is -1.35. The second kappa shape index (κ2) is 10.4. The lowest BCUT2D eigenvalue weighted by atomic mass is 10.0. The average molecular weight is 291 g/mol. The third-order valence-corrected chi connectivity index (χ3v) is 3.74. The van der Waals surface area contributed by atoms with Crippen LogP contribution in [0, 0.1) is 0 Å². The van der Waals surface area contributed by atoms with E-state index in [0.29, 0.717) is 13.0 Å². The topological polar surface area (TPSA) is 29.5 Å². The highest BCUT2D eigenvalue weighted by atomic mass is 16.5. The van der Waals surface area contributed by atoms with Gasteiger partial charge in [0.15, 0.2) is 0 Å². The van der Waals surface area contributed by atoms with Gasteiger partial charge < -0.3 is 9.64 Å². The summed E-state index contributed by atoms with van der Waals surface area (Å²) in [7, 11) is 1.72. The van der Waals surface area contributed by atoms with Crippen molar-refractivity contribution in [3.05, 3.63) is 35.4 Å². The predicted molar refractivity (Wildman–Crippen MR) is 87.3 cm³/mol. The number of carbonyl (C=O) groups is 1. The van der Waals surface area contributed by atoms with Crippen LogP contribution in [-0.2, 0) is 22.5 Å². The second-order valence-electron chi connectivity index (χ2n) is 5.39. The van der Waals surface area contributed by atoms with E-state index in [1.807, 2.05) is 17.9 Å². The fourth-order valence-corrected chi connectivity index (χ4v) is 2.44. The molecule has 1 rings (SSSR count). The third kappa shape index (κ3) is 6.30. The lowest BCUT2D eigenvalue weighted by Gasteiger charge is -2.23. The number of ether oxygens (including phenoxy) is 1. The van der Waals surface area contributed by atoms with E-state index in [-0.39, 0.29) is 5.91 Å². The molecule has 0 spiro atoms. The molecule has 0 fully saturated rings. The summed E-state index contributed by atoms with van der Waals surface area (Å²) in [4.78, 5) is 14.1. The minimum Gasteiger partial charge on any atom is -0.384 e. The Morgan fingerprint density at radius 2 is 1.86 bits per heavy atom. The van der Waals surface area contributed by atoms with E-state index in [1.165, 1.54) is 24.0 Å². The summed E-state index contributed by atoms with van der Waals surface area (Å²) < 4.78 is 5.17. The summed E-state index contributed by atoms with van der Waals surface area (Å²) >= 11 is 0. The van der Waals surface area contributed by atoms with Crippen LogP contribution in [0.3, 0.4) is 0 Å². The fraction of sp³-hybridized carbons (Fsp3) is 0.611. The minimum atomic E-state index is 0.243. The van der Waals surface area contributed by atoms with Gasteiger partial charge in [0.25, 0.3) is 0 Å². The zero-order valence-electron chi connectivity index (χ0n) is 13.7.